The van der Waals surface area contributed by atoms with Gasteiger partial charge in [0, 0.05) is 23.7 Å². The first-order valence-electron chi connectivity index (χ1n) is 11.0. The lowest BCUT2D eigenvalue weighted by atomic mass is 10.0. The van der Waals surface area contributed by atoms with Crippen molar-refractivity contribution in [2.45, 2.75) is 12.8 Å². The first-order chi connectivity index (χ1) is 16.5. The predicted octanol–water partition coefficient (Wildman–Crippen LogP) is 4.08. The van der Waals surface area contributed by atoms with E-state index in [-0.39, 0.29) is 5.78 Å². The van der Waals surface area contributed by atoms with E-state index in [1.807, 2.05) is 50.6 Å². The number of rotatable bonds is 10. The summed E-state index contributed by atoms with van der Waals surface area (Å²) in [7, 11) is 7.13. The maximum atomic E-state index is 12.5. The molecule has 1 aromatic carbocycles. The quantitative estimate of drug-likeness (QED) is 0.354. The summed E-state index contributed by atoms with van der Waals surface area (Å²) in [6, 6.07) is 13.2. The van der Waals surface area contributed by atoms with Gasteiger partial charge in [0.25, 0.3) is 5.88 Å². The molecule has 3 heterocycles. The van der Waals surface area contributed by atoms with E-state index in [4.69, 9.17) is 9.47 Å². The van der Waals surface area contributed by atoms with Gasteiger partial charge >= 0.3 is 0 Å². The molecule has 0 unspecified atom stereocenters. The molecule has 0 aliphatic carbocycles. The van der Waals surface area contributed by atoms with Crippen LogP contribution in [0, 0.1) is 0 Å². The highest BCUT2D eigenvalue weighted by atomic mass is 16.5. The fourth-order valence-corrected chi connectivity index (χ4v) is 3.66. The van der Waals surface area contributed by atoms with E-state index in [1.54, 1.807) is 30.9 Å². The molecule has 176 valence electrons. The molecule has 0 aliphatic heterocycles. The maximum absolute atomic E-state index is 12.5. The normalized spacial score (nSPS) is 11.1. The van der Waals surface area contributed by atoms with Gasteiger partial charge in [0.2, 0.25) is 0 Å². The molecule has 9 heteroatoms. The molecule has 0 atom stereocenters. The Morgan fingerprint density at radius 1 is 1.06 bits per heavy atom. The average molecular weight is 461 g/mol. The van der Waals surface area contributed by atoms with Gasteiger partial charge in [-0.1, -0.05) is 24.3 Å². The Morgan fingerprint density at radius 2 is 1.85 bits per heavy atom. The monoisotopic (exact) mass is 460 g/mol. The van der Waals surface area contributed by atoms with Gasteiger partial charge in [-0.05, 0) is 50.8 Å². The number of benzene rings is 1. The number of nitrogens with zero attached hydrogens (tertiary/aromatic N) is 5. The Morgan fingerprint density at radius 3 is 2.56 bits per heavy atom. The molecule has 1 N–H and O–H groups in total. The zero-order valence-electron chi connectivity index (χ0n) is 19.8. The molecular formula is C25H28N6O3. The van der Waals surface area contributed by atoms with Gasteiger partial charge in [0.15, 0.2) is 17.2 Å². The van der Waals surface area contributed by atoms with Crippen LogP contribution in [0.5, 0.6) is 11.6 Å². The number of anilines is 2. The second kappa shape index (κ2) is 10.3. The highest BCUT2D eigenvalue weighted by Crippen LogP contribution is 2.30. The van der Waals surface area contributed by atoms with Gasteiger partial charge in [-0.3, -0.25) is 4.79 Å². The van der Waals surface area contributed by atoms with E-state index in [0.29, 0.717) is 29.5 Å². The molecule has 0 bridgehead atoms. The van der Waals surface area contributed by atoms with Crippen LogP contribution in [-0.2, 0) is 0 Å². The molecule has 3 aromatic heterocycles. The van der Waals surface area contributed by atoms with Gasteiger partial charge in [0.1, 0.15) is 12.1 Å². The number of carbonyl (C=O) groups is 1. The van der Waals surface area contributed by atoms with Crippen molar-refractivity contribution in [3.8, 4) is 22.8 Å². The fourth-order valence-electron chi connectivity index (χ4n) is 3.66. The van der Waals surface area contributed by atoms with Crippen LogP contribution in [0.1, 0.15) is 23.2 Å². The van der Waals surface area contributed by atoms with E-state index >= 15 is 0 Å². The number of aromatic nitrogens is 4. The van der Waals surface area contributed by atoms with Crippen LogP contribution >= 0.6 is 0 Å². The van der Waals surface area contributed by atoms with Gasteiger partial charge in [-0.25, -0.2) is 9.50 Å². The zero-order chi connectivity index (χ0) is 24.1. The number of ketones is 1. The van der Waals surface area contributed by atoms with E-state index in [9.17, 15) is 4.79 Å². The van der Waals surface area contributed by atoms with Crippen LogP contribution in [0.25, 0.3) is 16.8 Å². The Kier molecular flexibility index (Phi) is 7.03. The third kappa shape index (κ3) is 5.15. The molecule has 0 radical (unpaired) electrons. The summed E-state index contributed by atoms with van der Waals surface area (Å²) in [5, 5.41) is 7.61. The second-order valence-electron chi connectivity index (χ2n) is 8.11. The summed E-state index contributed by atoms with van der Waals surface area (Å²) in [5.74, 6) is 1.66. The van der Waals surface area contributed by atoms with Crippen LogP contribution in [0.3, 0.4) is 0 Å². The number of fused-ring (bicyclic) bond motifs is 1. The molecule has 4 aromatic rings. The molecule has 34 heavy (non-hydrogen) atoms. The standard InChI is InChI=1S/C25H28N6O3/c1-30(2)13-5-6-21(32)18-9-7-17(8-10-18)19-14-20(24-26-16-27-31(24)15-19)28-23-12-11-22(33-3)25(29-23)34-4/h7-12,14-16H,5-6,13H2,1-4H3,(H,28,29). The first-order valence-corrected chi connectivity index (χ1v) is 11.0. The van der Waals surface area contributed by atoms with Crippen LogP contribution < -0.4 is 14.8 Å². The van der Waals surface area contributed by atoms with Gasteiger partial charge in [-0.15, -0.1) is 0 Å². The summed E-state index contributed by atoms with van der Waals surface area (Å²) in [6.07, 6.45) is 4.79. The van der Waals surface area contributed by atoms with Crippen molar-refractivity contribution in [1.82, 2.24) is 24.5 Å². The number of hydrogen-bond acceptors (Lipinski definition) is 8. The number of hydrogen-bond donors (Lipinski definition) is 1. The second-order valence-corrected chi connectivity index (χ2v) is 8.11. The van der Waals surface area contributed by atoms with E-state index in [0.717, 1.165) is 35.3 Å². The Bertz CT molecular complexity index is 1280. The summed E-state index contributed by atoms with van der Waals surface area (Å²) in [4.78, 5) is 23.4. The number of nitrogens with one attached hydrogen (secondary N) is 1. The Labute approximate surface area is 198 Å². The number of carbonyl (C=O) groups excluding carboxylic acids is 1. The summed E-state index contributed by atoms with van der Waals surface area (Å²) in [6.45, 7) is 0.895. The SMILES string of the molecule is COc1ccc(Nc2cc(-c3ccc(C(=O)CCCN(C)C)cc3)cn3ncnc23)nc1OC. The van der Waals surface area contributed by atoms with Gasteiger partial charge in [-0.2, -0.15) is 10.1 Å². The molecule has 0 fully saturated rings. The first kappa shape index (κ1) is 23.2. The predicted molar refractivity (Wildman–Crippen MR) is 131 cm³/mol. The highest BCUT2D eigenvalue weighted by Gasteiger charge is 2.12. The number of Topliss-reactive ketones (excluding diaryl/α,β-unsaturated/α-hetero) is 1. The largest absolute Gasteiger partial charge is 0.491 e. The summed E-state index contributed by atoms with van der Waals surface area (Å²) < 4.78 is 12.3. The zero-order valence-corrected chi connectivity index (χ0v) is 19.8. The van der Waals surface area contributed by atoms with Gasteiger partial charge < -0.3 is 19.7 Å². The van der Waals surface area contributed by atoms with Crippen molar-refractivity contribution in [3.05, 3.63) is 60.6 Å². The van der Waals surface area contributed by atoms with Crippen molar-refractivity contribution in [2.75, 3.05) is 40.2 Å². The highest BCUT2D eigenvalue weighted by molar-refractivity contribution is 5.96. The van der Waals surface area contributed by atoms with Crippen LogP contribution in [0.15, 0.2) is 55.0 Å². The third-order valence-corrected chi connectivity index (χ3v) is 5.43. The number of ether oxygens (including phenoxy) is 2. The fraction of sp³-hybridized carbons (Fsp3) is 0.280. The summed E-state index contributed by atoms with van der Waals surface area (Å²) >= 11 is 0. The molecule has 9 nitrogen and oxygen atoms in total. The van der Waals surface area contributed by atoms with Crippen molar-refractivity contribution in [2.24, 2.45) is 0 Å². The third-order valence-electron chi connectivity index (χ3n) is 5.43. The Balaban J connectivity index is 1.59. The van der Waals surface area contributed by atoms with Gasteiger partial charge in [0.05, 0.1) is 19.9 Å². The molecule has 0 aliphatic rings. The summed E-state index contributed by atoms with van der Waals surface area (Å²) in [5.41, 5.74) is 4.00. The molecular weight excluding hydrogens is 432 g/mol. The smallest absolute Gasteiger partial charge is 0.258 e. The van der Waals surface area contributed by atoms with E-state index in [2.05, 4.69) is 25.3 Å². The maximum Gasteiger partial charge on any atom is 0.258 e. The molecule has 0 spiro atoms. The van der Waals surface area contributed by atoms with Crippen LogP contribution in [0.2, 0.25) is 0 Å². The average Bonchev–Trinajstić information content (AvgIpc) is 3.33. The minimum Gasteiger partial charge on any atom is -0.491 e. The topological polar surface area (TPSA) is 93.9 Å². The lowest BCUT2D eigenvalue weighted by molar-refractivity contribution is 0.0977. The molecule has 4 rings (SSSR count). The molecule has 0 saturated carbocycles. The lowest BCUT2D eigenvalue weighted by Gasteiger charge is -2.12. The molecule has 0 amide bonds. The Hall–Kier alpha value is -3.98. The van der Waals surface area contributed by atoms with E-state index < -0.39 is 0 Å². The minimum absolute atomic E-state index is 0.155. The molecule has 0 saturated heterocycles. The van der Waals surface area contributed by atoms with Crippen LogP contribution in [0.4, 0.5) is 11.5 Å². The number of pyridine rings is 2. The lowest BCUT2D eigenvalue weighted by Crippen LogP contribution is -2.14. The minimum atomic E-state index is 0.155. The van der Waals surface area contributed by atoms with Crippen molar-refractivity contribution in [1.29, 1.82) is 0 Å². The van der Waals surface area contributed by atoms with E-state index in [1.165, 1.54) is 6.33 Å². The van der Waals surface area contributed by atoms with Crippen molar-refractivity contribution in [3.63, 3.8) is 0 Å². The van der Waals surface area contributed by atoms with Crippen molar-refractivity contribution >= 4 is 22.9 Å². The van der Waals surface area contributed by atoms with Crippen molar-refractivity contribution < 1.29 is 14.3 Å². The van der Waals surface area contributed by atoms with Crippen LogP contribution in [-0.4, -0.2) is 65.1 Å². The number of methoxy groups -OCH3 is 2.